The molecule has 3 heterocycles. The fourth-order valence-corrected chi connectivity index (χ4v) is 2.99. The van der Waals surface area contributed by atoms with Gasteiger partial charge in [0.1, 0.15) is 0 Å². The van der Waals surface area contributed by atoms with Crippen LogP contribution in [0.5, 0.6) is 0 Å². The molecule has 6 nitrogen and oxygen atoms in total. The van der Waals surface area contributed by atoms with Gasteiger partial charge in [-0.25, -0.2) is 4.98 Å². The van der Waals surface area contributed by atoms with E-state index in [0.717, 1.165) is 22.2 Å². The summed E-state index contributed by atoms with van der Waals surface area (Å²) >= 11 is 1.37. The molecule has 3 aromatic heterocycles. The normalized spacial score (nSPS) is 10.8. The van der Waals surface area contributed by atoms with Crippen molar-refractivity contribution in [1.29, 1.82) is 0 Å². The standard InChI is InChI=1S/C16H11N5OS/c22-15(14-11-3-1-2-4-12(11)20-21-14)19-16-18-13(9-23-16)10-5-7-17-8-6-10/h1-9H,(H,20,21)(H,18,19,22). The van der Waals surface area contributed by atoms with Gasteiger partial charge >= 0.3 is 0 Å². The molecule has 0 aliphatic carbocycles. The average Bonchev–Trinajstić information content (AvgIpc) is 3.22. The number of amides is 1. The maximum absolute atomic E-state index is 12.4. The number of anilines is 1. The summed E-state index contributed by atoms with van der Waals surface area (Å²) in [5.41, 5.74) is 2.96. The number of thiazole rings is 1. The Labute approximate surface area is 135 Å². The minimum absolute atomic E-state index is 0.280. The Morgan fingerprint density at radius 3 is 2.83 bits per heavy atom. The number of carbonyl (C=O) groups is 1. The first-order valence-corrected chi connectivity index (χ1v) is 7.79. The number of nitrogens with zero attached hydrogens (tertiary/aromatic N) is 3. The lowest BCUT2D eigenvalue weighted by Gasteiger charge is -1.99. The molecule has 4 aromatic rings. The van der Waals surface area contributed by atoms with E-state index in [4.69, 9.17) is 0 Å². The number of carbonyl (C=O) groups excluding carboxylic acids is 1. The Morgan fingerprint density at radius 1 is 1.13 bits per heavy atom. The van der Waals surface area contributed by atoms with Gasteiger partial charge in [-0.15, -0.1) is 11.3 Å². The van der Waals surface area contributed by atoms with Crippen LogP contribution in [0.3, 0.4) is 0 Å². The van der Waals surface area contributed by atoms with E-state index in [1.807, 2.05) is 41.8 Å². The molecule has 0 bridgehead atoms. The molecule has 2 N–H and O–H groups in total. The van der Waals surface area contributed by atoms with Crippen LogP contribution in [-0.4, -0.2) is 26.1 Å². The monoisotopic (exact) mass is 321 g/mol. The third-order valence-electron chi connectivity index (χ3n) is 3.39. The fourth-order valence-electron chi connectivity index (χ4n) is 2.28. The summed E-state index contributed by atoms with van der Waals surface area (Å²) < 4.78 is 0. The van der Waals surface area contributed by atoms with Crippen molar-refractivity contribution in [3.8, 4) is 11.3 Å². The Bertz CT molecular complexity index is 976. The van der Waals surface area contributed by atoms with Crippen molar-refractivity contribution < 1.29 is 4.79 Å². The highest BCUT2D eigenvalue weighted by atomic mass is 32.1. The van der Waals surface area contributed by atoms with E-state index in [2.05, 4.69) is 25.5 Å². The molecule has 7 heteroatoms. The lowest BCUT2D eigenvalue weighted by atomic mass is 10.2. The molecule has 0 saturated heterocycles. The highest BCUT2D eigenvalue weighted by Crippen LogP contribution is 2.25. The zero-order chi connectivity index (χ0) is 15.6. The first-order valence-electron chi connectivity index (χ1n) is 6.91. The van der Waals surface area contributed by atoms with Crippen molar-refractivity contribution in [2.45, 2.75) is 0 Å². The molecule has 0 spiro atoms. The van der Waals surface area contributed by atoms with Crippen LogP contribution in [-0.2, 0) is 0 Å². The molecule has 1 amide bonds. The summed E-state index contributed by atoms with van der Waals surface area (Å²) in [5, 5.41) is 13.0. The minimum atomic E-state index is -0.280. The molecule has 0 aliphatic heterocycles. The average molecular weight is 321 g/mol. The second-order valence-corrected chi connectivity index (χ2v) is 5.70. The molecule has 0 aliphatic rings. The molecule has 0 radical (unpaired) electrons. The topological polar surface area (TPSA) is 83.6 Å². The Kier molecular flexibility index (Phi) is 3.32. The zero-order valence-corrected chi connectivity index (χ0v) is 12.7. The van der Waals surface area contributed by atoms with Crippen LogP contribution in [0.2, 0.25) is 0 Å². The molecule has 23 heavy (non-hydrogen) atoms. The maximum atomic E-state index is 12.4. The lowest BCUT2D eigenvalue weighted by Crippen LogP contribution is -2.12. The SMILES string of the molecule is O=C(Nc1nc(-c2ccncc2)cs1)c1n[nH]c2ccccc12. The van der Waals surface area contributed by atoms with Gasteiger partial charge in [-0.05, 0) is 18.2 Å². The van der Waals surface area contributed by atoms with Crippen LogP contribution in [0.4, 0.5) is 5.13 Å². The van der Waals surface area contributed by atoms with E-state index in [9.17, 15) is 4.79 Å². The molecule has 1 aromatic carbocycles. The van der Waals surface area contributed by atoms with Gasteiger partial charge < -0.3 is 0 Å². The third-order valence-corrected chi connectivity index (χ3v) is 4.14. The molecule has 0 atom stereocenters. The zero-order valence-electron chi connectivity index (χ0n) is 11.9. The van der Waals surface area contributed by atoms with E-state index in [-0.39, 0.29) is 5.91 Å². The van der Waals surface area contributed by atoms with Crippen molar-refractivity contribution in [3.05, 3.63) is 59.9 Å². The Balaban J connectivity index is 1.59. The predicted octanol–water partition coefficient (Wildman–Crippen LogP) is 3.33. The van der Waals surface area contributed by atoms with E-state index in [1.165, 1.54) is 11.3 Å². The summed E-state index contributed by atoms with van der Waals surface area (Å²) in [6, 6.07) is 11.3. The summed E-state index contributed by atoms with van der Waals surface area (Å²) in [5.74, 6) is -0.280. The Hall–Kier alpha value is -3.06. The predicted molar refractivity (Wildman–Crippen MR) is 89.4 cm³/mol. The number of nitrogens with one attached hydrogen (secondary N) is 2. The number of aromatic amines is 1. The van der Waals surface area contributed by atoms with Gasteiger partial charge in [0.15, 0.2) is 10.8 Å². The van der Waals surface area contributed by atoms with Crippen LogP contribution in [0, 0.1) is 0 Å². The number of rotatable bonds is 3. The lowest BCUT2D eigenvalue weighted by molar-refractivity contribution is 0.102. The van der Waals surface area contributed by atoms with Gasteiger partial charge in [0.25, 0.3) is 5.91 Å². The van der Waals surface area contributed by atoms with Crippen molar-refractivity contribution in [2.75, 3.05) is 5.32 Å². The number of benzene rings is 1. The molecule has 4 rings (SSSR count). The van der Waals surface area contributed by atoms with Gasteiger partial charge in [-0.3, -0.25) is 20.2 Å². The van der Waals surface area contributed by atoms with Crippen LogP contribution >= 0.6 is 11.3 Å². The second kappa shape index (κ2) is 5.62. The second-order valence-electron chi connectivity index (χ2n) is 4.85. The number of pyridine rings is 1. The number of hydrogen-bond donors (Lipinski definition) is 2. The number of para-hydroxylation sites is 1. The molecular weight excluding hydrogens is 310 g/mol. The van der Waals surface area contributed by atoms with E-state index in [1.54, 1.807) is 12.4 Å². The molecular formula is C16H11N5OS. The van der Waals surface area contributed by atoms with Crippen molar-refractivity contribution in [1.82, 2.24) is 20.2 Å². The fraction of sp³-hybridized carbons (Fsp3) is 0. The number of hydrogen-bond acceptors (Lipinski definition) is 5. The van der Waals surface area contributed by atoms with E-state index in [0.29, 0.717) is 10.8 Å². The smallest absolute Gasteiger partial charge is 0.278 e. The number of H-pyrrole nitrogens is 1. The van der Waals surface area contributed by atoms with Crippen molar-refractivity contribution in [3.63, 3.8) is 0 Å². The summed E-state index contributed by atoms with van der Waals surface area (Å²) in [6.45, 7) is 0. The first kappa shape index (κ1) is 13.6. The highest BCUT2D eigenvalue weighted by Gasteiger charge is 2.15. The minimum Gasteiger partial charge on any atom is -0.296 e. The molecule has 112 valence electrons. The van der Waals surface area contributed by atoms with Gasteiger partial charge in [0.2, 0.25) is 0 Å². The van der Waals surface area contributed by atoms with Crippen molar-refractivity contribution >= 4 is 33.3 Å². The van der Waals surface area contributed by atoms with Gasteiger partial charge in [-0.1, -0.05) is 18.2 Å². The highest BCUT2D eigenvalue weighted by molar-refractivity contribution is 7.14. The van der Waals surface area contributed by atoms with Crippen LogP contribution in [0.1, 0.15) is 10.5 Å². The summed E-state index contributed by atoms with van der Waals surface area (Å²) in [7, 11) is 0. The maximum Gasteiger partial charge on any atom is 0.278 e. The van der Waals surface area contributed by atoms with E-state index >= 15 is 0 Å². The summed E-state index contributed by atoms with van der Waals surface area (Å²) in [6.07, 6.45) is 3.42. The molecule has 0 saturated carbocycles. The largest absolute Gasteiger partial charge is 0.296 e. The third kappa shape index (κ3) is 2.58. The summed E-state index contributed by atoms with van der Waals surface area (Å²) in [4.78, 5) is 20.8. The first-order chi connectivity index (χ1) is 11.3. The quantitative estimate of drug-likeness (QED) is 0.606. The van der Waals surface area contributed by atoms with Gasteiger partial charge in [-0.2, -0.15) is 5.10 Å². The van der Waals surface area contributed by atoms with Gasteiger partial charge in [0, 0.05) is 28.7 Å². The number of fused-ring (bicyclic) bond motifs is 1. The van der Waals surface area contributed by atoms with Crippen LogP contribution in [0.15, 0.2) is 54.2 Å². The van der Waals surface area contributed by atoms with Crippen molar-refractivity contribution in [2.24, 2.45) is 0 Å². The Morgan fingerprint density at radius 2 is 1.96 bits per heavy atom. The van der Waals surface area contributed by atoms with Crippen LogP contribution < -0.4 is 5.32 Å². The van der Waals surface area contributed by atoms with E-state index < -0.39 is 0 Å². The molecule has 0 unspecified atom stereocenters. The van der Waals surface area contributed by atoms with Crippen LogP contribution in [0.25, 0.3) is 22.2 Å². The van der Waals surface area contributed by atoms with Gasteiger partial charge in [0.05, 0.1) is 11.2 Å². The number of aromatic nitrogens is 4. The molecule has 0 fully saturated rings.